The zero-order chi connectivity index (χ0) is 23.1. The van der Waals surface area contributed by atoms with Gasteiger partial charge in [0.05, 0.1) is 5.41 Å². The van der Waals surface area contributed by atoms with Crippen molar-refractivity contribution in [2.75, 3.05) is 5.32 Å². The summed E-state index contributed by atoms with van der Waals surface area (Å²) in [6.45, 7) is 1.87. The Morgan fingerprint density at radius 1 is 0.758 bits per heavy atom. The Hall–Kier alpha value is -4.18. The first-order chi connectivity index (χ1) is 16.1. The SMILES string of the molecule is CC(=O)Nc1ccc(C(c2ccccc2)(c2ccccc2)c2ccc(COC=N)cc2)cc1. The maximum atomic E-state index is 11.5. The Kier molecular flexibility index (Phi) is 6.65. The van der Waals surface area contributed by atoms with Gasteiger partial charge < -0.3 is 10.1 Å². The third-order valence-electron chi connectivity index (χ3n) is 5.77. The van der Waals surface area contributed by atoms with E-state index < -0.39 is 5.41 Å². The molecule has 2 N–H and O–H groups in total. The minimum atomic E-state index is -0.557. The number of hydrogen-bond acceptors (Lipinski definition) is 3. The molecule has 0 unspecified atom stereocenters. The number of rotatable bonds is 8. The number of ether oxygens (including phenoxy) is 1. The topological polar surface area (TPSA) is 62.2 Å². The van der Waals surface area contributed by atoms with Crippen molar-refractivity contribution in [1.29, 1.82) is 5.41 Å². The third kappa shape index (κ3) is 4.55. The van der Waals surface area contributed by atoms with E-state index in [2.05, 4.69) is 78.1 Å². The highest BCUT2D eigenvalue weighted by atomic mass is 16.5. The maximum Gasteiger partial charge on any atom is 0.221 e. The highest BCUT2D eigenvalue weighted by Crippen LogP contribution is 2.45. The lowest BCUT2D eigenvalue weighted by atomic mass is 9.65. The lowest BCUT2D eigenvalue weighted by Crippen LogP contribution is -2.31. The van der Waals surface area contributed by atoms with Crippen LogP contribution in [0, 0.1) is 5.41 Å². The predicted octanol–water partition coefficient (Wildman–Crippen LogP) is 6.15. The lowest BCUT2D eigenvalue weighted by molar-refractivity contribution is -0.114. The van der Waals surface area contributed by atoms with Crippen LogP contribution in [0.25, 0.3) is 0 Å². The second-order valence-electron chi connectivity index (χ2n) is 7.87. The highest BCUT2D eigenvalue weighted by Gasteiger charge is 2.38. The number of nitrogens with one attached hydrogen (secondary N) is 2. The summed E-state index contributed by atoms with van der Waals surface area (Å²) >= 11 is 0. The molecule has 4 aromatic carbocycles. The van der Waals surface area contributed by atoms with Gasteiger partial charge in [-0.1, -0.05) is 97.1 Å². The normalized spacial score (nSPS) is 10.9. The first-order valence-electron chi connectivity index (χ1n) is 10.8. The van der Waals surface area contributed by atoms with Crippen LogP contribution >= 0.6 is 0 Å². The molecule has 0 aromatic heterocycles. The average Bonchev–Trinajstić information content (AvgIpc) is 2.86. The second kappa shape index (κ2) is 9.96. The molecule has 0 spiro atoms. The van der Waals surface area contributed by atoms with Gasteiger partial charge in [0.2, 0.25) is 5.91 Å². The van der Waals surface area contributed by atoms with E-state index in [0.29, 0.717) is 6.61 Å². The molecule has 4 aromatic rings. The lowest BCUT2D eigenvalue weighted by Gasteiger charge is -2.37. The molecule has 0 saturated carbocycles. The van der Waals surface area contributed by atoms with Crippen LogP contribution in [0.2, 0.25) is 0 Å². The summed E-state index contributed by atoms with van der Waals surface area (Å²) in [6.07, 6.45) is 0.961. The Morgan fingerprint density at radius 2 is 1.21 bits per heavy atom. The van der Waals surface area contributed by atoms with Crippen LogP contribution < -0.4 is 5.32 Å². The van der Waals surface area contributed by atoms with Gasteiger partial charge in [0.25, 0.3) is 0 Å². The molecule has 0 saturated heterocycles. The fourth-order valence-corrected chi connectivity index (χ4v) is 4.37. The fourth-order valence-electron chi connectivity index (χ4n) is 4.37. The Bertz CT molecular complexity index is 1160. The molecule has 4 nitrogen and oxygen atoms in total. The van der Waals surface area contributed by atoms with Crippen LogP contribution in [0.4, 0.5) is 5.69 Å². The number of carbonyl (C=O) groups is 1. The van der Waals surface area contributed by atoms with Gasteiger partial charge in [-0.2, -0.15) is 0 Å². The molecule has 0 atom stereocenters. The number of carbonyl (C=O) groups excluding carboxylic acids is 1. The molecule has 33 heavy (non-hydrogen) atoms. The van der Waals surface area contributed by atoms with Gasteiger partial charge in [-0.3, -0.25) is 10.2 Å². The largest absolute Gasteiger partial charge is 0.479 e. The van der Waals surface area contributed by atoms with Crippen molar-refractivity contribution < 1.29 is 9.53 Å². The van der Waals surface area contributed by atoms with Gasteiger partial charge in [0.15, 0.2) is 6.40 Å². The monoisotopic (exact) mass is 434 g/mol. The van der Waals surface area contributed by atoms with E-state index in [1.807, 2.05) is 36.4 Å². The quantitative estimate of drug-likeness (QED) is 0.198. The molecule has 0 aliphatic carbocycles. The van der Waals surface area contributed by atoms with E-state index in [0.717, 1.165) is 39.9 Å². The van der Waals surface area contributed by atoms with Crippen LogP contribution in [0.15, 0.2) is 109 Å². The summed E-state index contributed by atoms with van der Waals surface area (Å²) in [7, 11) is 0. The number of anilines is 1. The minimum Gasteiger partial charge on any atom is -0.479 e. The summed E-state index contributed by atoms with van der Waals surface area (Å²) in [5, 5.41) is 9.98. The van der Waals surface area contributed by atoms with Crippen LogP contribution in [0.1, 0.15) is 34.7 Å². The van der Waals surface area contributed by atoms with Crippen molar-refractivity contribution in [3.8, 4) is 0 Å². The molecule has 0 radical (unpaired) electrons. The Morgan fingerprint density at radius 3 is 1.67 bits per heavy atom. The standard InChI is InChI=1S/C29H26N2O2/c1-22(32)31-28-18-16-27(17-19-28)29(24-8-4-2-5-9-24,25-10-6-3-7-11-25)26-14-12-23(13-15-26)20-33-21-30/h2-19,21,30H,20H2,1H3,(H,31,32). The predicted molar refractivity (Wildman–Crippen MR) is 133 cm³/mol. The van der Waals surface area contributed by atoms with Crippen LogP contribution in [-0.2, 0) is 21.6 Å². The van der Waals surface area contributed by atoms with Crippen molar-refractivity contribution in [1.82, 2.24) is 0 Å². The molecule has 0 aliphatic rings. The van der Waals surface area contributed by atoms with Gasteiger partial charge in [-0.15, -0.1) is 0 Å². The minimum absolute atomic E-state index is 0.0946. The van der Waals surface area contributed by atoms with E-state index >= 15 is 0 Å². The van der Waals surface area contributed by atoms with Crippen molar-refractivity contribution in [2.24, 2.45) is 0 Å². The second-order valence-corrected chi connectivity index (χ2v) is 7.87. The van der Waals surface area contributed by atoms with Crippen LogP contribution in [-0.4, -0.2) is 12.3 Å². The summed E-state index contributed by atoms with van der Waals surface area (Å²) in [5.41, 5.74) is 5.71. The van der Waals surface area contributed by atoms with Gasteiger partial charge in [0.1, 0.15) is 6.61 Å². The van der Waals surface area contributed by atoms with E-state index in [9.17, 15) is 4.79 Å². The fraction of sp³-hybridized carbons (Fsp3) is 0.103. The molecule has 1 amide bonds. The Balaban J connectivity index is 1.95. The van der Waals surface area contributed by atoms with Crippen molar-refractivity contribution in [3.63, 3.8) is 0 Å². The molecule has 0 fully saturated rings. The average molecular weight is 435 g/mol. The first-order valence-corrected chi connectivity index (χ1v) is 10.8. The number of hydrogen-bond donors (Lipinski definition) is 2. The number of benzene rings is 4. The summed E-state index contributed by atoms with van der Waals surface area (Å²) in [4.78, 5) is 11.5. The van der Waals surface area contributed by atoms with Gasteiger partial charge in [-0.25, -0.2) is 0 Å². The molecule has 0 bridgehead atoms. The molecule has 4 heteroatoms. The van der Waals surface area contributed by atoms with Gasteiger partial charge in [0, 0.05) is 12.6 Å². The zero-order valence-electron chi connectivity index (χ0n) is 18.5. The summed E-state index contributed by atoms with van der Waals surface area (Å²) in [6, 6.07) is 37.3. The van der Waals surface area contributed by atoms with E-state index in [1.165, 1.54) is 6.92 Å². The van der Waals surface area contributed by atoms with Gasteiger partial charge >= 0.3 is 0 Å². The van der Waals surface area contributed by atoms with E-state index in [-0.39, 0.29) is 5.91 Å². The maximum absolute atomic E-state index is 11.5. The van der Waals surface area contributed by atoms with Crippen molar-refractivity contribution in [2.45, 2.75) is 18.9 Å². The van der Waals surface area contributed by atoms with Gasteiger partial charge in [-0.05, 0) is 39.9 Å². The molecule has 164 valence electrons. The first kappa shape index (κ1) is 22.0. The van der Waals surface area contributed by atoms with E-state index in [1.54, 1.807) is 0 Å². The smallest absolute Gasteiger partial charge is 0.221 e. The molecule has 0 heterocycles. The van der Waals surface area contributed by atoms with Crippen LogP contribution in [0.5, 0.6) is 0 Å². The van der Waals surface area contributed by atoms with Crippen molar-refractivity contribution in [3.05, 3.63) is 137 Å². The molecule has 0 aliphatic heterocycles. The highest BCUT2D eigenvalue weighted by molar-refractivity contribution is 5.88. The van der Waals surface area contributed by atoms with Crippen molar-refractivity contribution >= 4 is 18.0 Å². The molecular formula is C29H26N2O2. The Labute approximate surface area is 194 Å². The third-order valence-corrected chi connectivity index (χ3v) is 5.77. The molecular weight excluding hydrogens is 408 g/mol. The molecule has 4 rings (SSSR count). The van der Waals surface area contributed by atoms with E-state index in [4.69, 9.17) is 10.1 Å². The van der Waals surface area contributed by atoms with Crippen LogP contribution in [0.3, 0.4) is 0 Å². The summed E-state index contributed by atoms with van der Waals surface area (Å²) in [5.74, 6) is -0.0946. The summed E-state index contributed by atoms with van der Waals surface area (Å²) < 4.78 is 5.15. The number of amides is 1. The zero-order valence-corrected chi connectivity index (χ0v) is 18.5.